The van der Waals surface area contributed by atoms with E-state index in [1.165, 1.54) is 0 Å². The van der Waals surface area contributed by atoms with Gasteiger partial charge in [-0.25, -0.2) is 0 Å². The van der Waals surface area contributed by atoms with E-state index in [2.05, 4.69) is 0 Å². The van der Waals surface area contributed by atoms with Crippen LogP contribution in [0.4, 0.5) is 0 Å². The van der Waals surface area contributed by atoms with Gasteiger partial charge < -0.3 is 19.3 Å². The van der Waals surface area contributed by atoms with Gasteiger partial charge in [0.15, 0.2) is 11.5 Å². The maximum Gasteiger partial charge on any atom is 0.225 e. The molecule has 1 aromatic rings. The average molecular weight is 346 g/mol. The number of nitrogens with zero attached hydrogens (tertiary/aromatic N) is 2. The highest BCUT2D eigenvalue weighted by Gasteiger charge is 2.35. The molecule has 1 aliphatic carbocycles. The molecule has 1 heterocycles. The normalized spacial score (nSPS) is 17.4. The van der Waals surface area contributed by atoms with Crippen LogP contribution in [0.2, 0.25) is 0 Å². The predicted molar refractivity (Wildman–Crippen MR) is 93.8 cm³/mol. The molecule has 136 valence electrons. The molecule has 1 aromatic carbocycles. The Morgan fingerprint density at radius 1 is 1.00 bits per heavy atom. The summed E-state index contributed by atoms with van der Waals surface area (Å²) in [6.45, 7) is 2.61. The number of hydrogen-bond acceptors (Lipinski definition) is 4. The van der Waals surface area contributed by atoms with Crippen molar-refractivity contribution < 1.29 is 19.1 Å². The van der Waals surface area contributed by atoms with Crippen LogP contribution in [0.5, 0.6) is 11.5 Å². The summed E-state index contributed by atoms with van der Waals surface area (Å²) < 4.78 is 10.5. The second-order valence-electron chi connectivity index (χ2n) is 6.67. The van der Waals surface area contributed by atoms with Crippen molar-refractivity contribution in [3.63, 3.8) is 0 Å². The Kier molecular flexibility index (Phi) is 5.46. The first-order valence-corrected chi connectivity index (χ1v) is 8.90. The average Bonchev–Trinajstić information content (AvgIpc) is 3.50. The Morgan fingerprint density at radius 3 is 2.24 bits per heavy atom. The Balaban J connectivity index is 1.47. The first kappa shape index (κ1) is 17.6. The van der Waals surface area contributed by atoms with Gasteiger partial charge in [-0.3, -0.25) is 9.59 Å². The summed E-state index contributed by atoms with van der Waals surface area (Å²) in [4.78, 5) is 28.3. The first-order chi connectivity index (χ1) is 12.1. The van der Waals surface area contributed by atoms with Gasteiger partial charge in [0.2, 0.25) is 11.8 Å². The zero-order valence-corrected chi connectivity index (χ0v) is 15.0. The Hall–Kier alpha value is -2.24. The molecule has 1 saturated heterocycles. The minimum Gasteiger partial charge on any atom is -0.493 e. The second kappa shape index (κ2) is 7.76. The van der Waals surface area contributed by atoms with Crippen molar-refractivity contribution >= 4 is 11.8 Å². The third-order valence-electron chi connectivity index (χ3n) is 4.95. The fourth-order valence-corrected chi connectivity index (χ4v) is 3.21. The number of aryl methyl sites for hydroxylation is 1. The number of amides is 2. The van der Waals surface area contributed by atoms with E-state index in [-0.39, 0.29) is 17.7 Å². The fourth-order valence-electron chi connectivity index (χ4n) is 3.21. The molecule has 0 radical (unpaired) electrons. The molecule has 2 fully saturated rings. The van der Waals surface area contributed by atoms with Crippen LogP contribution in [0.25, 0.3) is 0 Å². The van der Waals surface area contributed by atoms with Crippen LogP contribution in [0.3, 0.4) is 0 Å². The van der Waals surface area contributed by atoms with E-state index < -0.39 is 0 Å². The van der Waals surface area contributed by atoms with Crippen molar-refractivity contribution in [3.05, 3.63) is 23.8 Å². The molecule has 0 aromatic heterocycles. The van der Waals surface area contributed by atoms with Gasteiger partial charge >= 0.3 is 0 Å². The zero-order chi connectivity index (χ0) is 17.8. The van der Waals surface area contributed by atoms with Gasteiger partial charge in [-0.15, -0.1) is 0 Å². The van der Waals surface area contributed by atoms with E-state index >= 15 is 0 Å². The van der Waals surface area contributed by atoms with Gasteiger partial charge in [0.05, 0.1) is 14.2 Å². The van der Waals surface area contributed by atoms with E-state index in [1.54, 1.807) is 14.2 Å². The lowest BCUT2D eigenvalue weighted by atomic mass is 10.1. The summed E-state index contributed by atoms with van der Waals surface area (Å²) >= 11 is 0. The molecular formula is C19H26N2O4. The lowest BCUT2D eigenvalue weighted by Gasteiger charge is -2.35. The topological polar surface area (TPSA) is 59.1 Å². The summed E-state index contributed by atoms with van der Waals surface area (Å²) in [5.74, 6) is 2.05. The largest absolute Gasteiger partial charge is 0.493 e. The number of rotatable bonds is 6. The highest BCUT2D eigenvalue weighted by Crippen LogP contribution is 2.31. The molecule has 0 atom stereocenters. The standard InChI is InChI=1S/C19H26N2O4/c1-24-16-7-3-14(13-17(16)25-2)4-8-18(22)20-9-11-21(12-10-20)19(23)15-5-6-15/h3,7,13,15H,4-6,8-12H2,1-2H3. The molecule has 2 amide bonds. The summed E-state index contributed by atoms with van der Waals surface area (Å²) in [7, 11) is 3.21. The third-order valence-corrected chi connectivity index (χ3v) is 4.95. The van der Waals surface area contributed by atoms with Gasteiger partial charge in [0.25, 0.3) is 0 Å². The molecular weight excluding hydrogens is 320 g/mol. The third kappa shape index (κ3) is 4.24. The molecule has 1 saturated carbocycles. The molecule has 0 unspecified atom stereocenters. The second-order valence-corrected chi connectivity index (χ2v) is 6.67. The number of benzene rings is 1. The van der Waals surface area contributed by atoms with E-state index in [4.69, 9.17) is 9.47 Å². The summed E-state index contributed by atoms with van der Waals surface area (Å²) in [5, 5.41) is 0. The van der Waals surface area contributed by atoms with E-state index in [9.17, 15) is 9.59 Å². The van der Waals surface area contributed by atoms with Crippen LogP contribution in [-0.2, 0) is 16.0 Å². The number of carbonyl (C=O) groups is 2. The Morgan fingerprint density at radius 2 is 1.64 bits per heavy atom. The predicted octanol–water partition coefficient (Wildman–Crippen LogP) is 1.72. The smallest absolute Gasteiger partial charge is 0.225 e. The SMILES string of the molecule is COc1ccc(CCC(=O)N2CCN(C(=O)C3CC3)CC2)cc1OC. The number of hydrogen-bond donors (Lipinski definition) is 0. The Labute approximate surface area is 148 Å². The highest BCUT2D eigenvalue weighted by molar-refractivity contribution is 5.82. The van der Waals surface area contributed by atoms with Crippen molar-refractivity contribution in [2.24, 2.45) is 5.92 Å². The summed E-state index contributed by atoms with van der Waals surface area (Å²) in [6, 6.07) is 5.74. The van der Waals surface area contributed by atoms with Crippen molar-refractivity contribution in [2.45, 2.75) is 25.7 Å². The van der Waals surface area contributed by atoms with Gasteiger partial charge in [-0.2, -0.15) is 0 Å². The minimum atomic E-state index is 0.147. The molecule has 0 N–H and O–H groups in total. The molecule has 0 bridgehead atoms. The number of carbonyl (C=O) groups excluding carboxylic acids is 2. The van der Waals surface area contributed by atoms with Gasteiger partial charge in [0.1, 0.15) is 0 Å². The molecule has 6 heteroatoms. The van der Waals surface area contributed by atoms with E-state index in [1.807, 2.05) is 28.0 Å². The first-order valence-electron chi connectivity index (χ1n) is 8.90. The maximum atomic E-state index is 12.4. The van der Waals surface area contributed by atoms with Gasteiger partial charge in [-0.05, 0) is 37.0 Å². The monoisotopic (exact) mass is 346 g/mol. The van der Waals surface area contributed by atoms with E-state index in [0.29, 0.717) is 50.5 Å². The van der Waals surface area contributed by atoms with Gasteiger partial charge in [0, 0.05) is 38.5 Å². The van der Waals surface area contributed by atoms with Crippen LogP contribution in [0.15, 0.2) is 18.2 Å². The zero-order valence-electron chi connectivity index (χ0n) is 15.0. The quantitative estimate of drug-likeness (QED) is 0.787. The van der Waals surface area contributed by atoms with Crippen LogP contribution in [0, 0.1) is 5.92 Å². The molecule has 2 aliphatic rings. The molecule has 0 spiro atoms. The van der Waals surface area contributed by atoms with Crippen LogP contribution < -0.4 is 9.47 Å². The highest BCUT2D eigenvalue weighted by atomic mass is 16.5. The molecule has 6 nitrogen and oxygen atoms in total. The summed E-state index contributed by atoms with van der Waals surface area (Å²) in [5.41, 5.74) is 1.05. The summed E-state index contributed by atoms with van der Waals surface area (Å²) in [6.07, 6.45) is 3.19. The number of piperazine rings is 1. The molecule has 3 rings (SSSR count). The molecule has 1 aliphatic heterocycles. The van der Waals surface area contributed by atoms with Crippen molar-refractivity contribution in [1.29, 1.82) is 0 Å². The maximum absolute atomic E-state index is 12.4. The van der Waals surface area contributed by atoms with Crippen molar-refractivity contribution in [1.82, 2.24) is 9.80 Å². The Bertz CT molecular complexity index is 634. The minimum absolute atomic E-state index is 0.147. The lowest BCUT2D eigenvalue weighted by molar-refractivity contribution is -0.140. The van der Waals surface area contributed by atoms with E-state index in [0.717, 1.165) is 18.4 Å². The fraction of sp³-hybridized carbons (Fsp3) is 0.579. The lowest BCUT2D eigenvalue weighted by Crippen LogP contribution is -2.51. The van der Waals surface area contributed by atoms with Gasteiger partial charge in [-0.1, -0.05) is 6.07 Å². The van der Waals surface area contributed by atoms with Crippen LogP contribution >= 0.6 is 0 Å². The number of methoxy groups -OCH3 is 2. The van der Waals surface area contributed by atoms with Crippen LogP contribution in [-0.4, -0.2) is 62.0 Å². The molecule has 25 heavy (non-hydrogen) atoms. The van der Waals surface area contributed by atoms with Crippen LogP contribution in [0.1, 0.15) is 24.8 Å². The van der Waals surface area contributed by atoms with Crippen molar-refractivity contribution in [3.8, 4) is 11.5 Å². The van der Waals surface area contributed by atoms with Crippen molar-refractivity contribution in [2.75, 3.05) is 40.4 Å². The number of ether oxygens (including phenoxy) is 2.